The van der Waals surface area contributed by atoms with Gasteiger partial charge in [-0.15, -0.1) is 0 Å². The molecule has 0 fully saturated rings. The Hall–Kier alpha value is -2.82. The fraction of sp³-hybridized carbons (Fsp3) is 0.333. The third kappa shape index (κ3) is 5.09. The standard InChI is InChI=1S/C21H26N2O3/c1-15-10-11-19(12-16(15)2)26-14-20(24)23(17(3)21(25)22-4)13-18-8-6-5-7-9-18/h5-12,17H,13-14H2,1-4H3,(H,22,25)/t17-/m0/s1. The first kappa shape index (κ1) is 19.5. The molecule has 5 heteroatoms. The molecule has 5 nitrogen and oxygen atoms in total. The number of rotatable bonds is 7. The van der Waals surface area contributed by atoms with Crippen LogP contribution in [0.4, 0.5) is 0 Å². The Kier molecular flexibility index (Phi) is 6.78. The molecule has 0 saturated heterocycles. The Morgan fingerprint density at radius 1 is 1.08 bits per heavy atom. The van der Waals surface area contributed by atoms with Crippen molar-refractivity contribution in [2.75, 3.05) is 13.7 Å². The molecule has 0 aliphatic carbocycles. The monoisotopic (exact) mass is 354 g/mol. The summed E-state index contributed by atoms with van der Waals surface area (Å²) in [6, 6.07) is 14.7. The second kappa shape index (κ2) is 9.04. The number of carbonyl (C=O) groups excluding carboxylic acids is 2. The molecule has 0 aliphatic heterocycles. The number of benzene rings is 2. The number of nitrogens with one attached hydrogen (secondary N) is 1. The van der Waals surface area contributed by atoms with Crippen LogP contribution >= 0.6 is 0 Å². The maximum Gasteiger partial charge on any atom is 0.261 e. The van der Waals surface area contributed by atoms with Crippen LogP contribution in [0.1, 0.15) is 23.6 Å². The van der Waals surface area contributed by atoms with Gasteiger partial charge < -0.3 is 15.0 Å². The summed E-state index contributed by atoms with van der Waals surface area (Å²) in [7, 11) is 1.57. The average molecular weight is 354 g/mol. The fourth-order valence-electron chi connectivity index (χ4n) is 2.60. The number of aryl methyl sites for hydroxylation is 2. The van der Waals surface area contributed by atoms with Crippen molar-refractivity contribution >= 4 is 11.8 Å². The molecule has 0 spiro atoms. The van der Waals surface area contributed by atoms with Gasteiger partial charge in [-0.1, -0.05) is 36.4 Å². The number of ether oxygens (including phenoxy) is 1. The number of hydrogen-bond donors (Lipinski definition) is 1. The lowest BCUT2D eigenvalue weighted by Gasteiger charge is -2.28. The topological polar surface area (TPSA) is 58.6 Å². The van der Waals surface area contributed by atoms with Crippen molar-refractivity contribution in [3.8, 4) is 5.75 Å². The molecule has 26 heavy (non-hydrogen) atoms. The molecule has 0 radical (unpaired) electrons. The Balaban J connectivity index is 2.11. The van der Waals surface area contributed by atoms with Crippen molar-refractivity contribution in [2.45, 2.75) is 33.4 Å². The van der Waals surface area contributed by atoms with Gasteiger partial charge in [0.1, 0.15) is 11.8 Å². The van der Waals surface area contributed by atoms with Crippen molar-refractivity contribution < 1.29 is 14.3 Å². The predicted molar refractivity (Wildman–Crippen MR) is 102 cm³/mol. The second-order valence-electron chi connectivity index (χ2n) is 6.33. The van der Waals surface area contributed by atoms with Crippen LogP contribution < -0.4 is 10.1 Å². The normalized spacial score (nSPS) is 11.5. The summed E-state index contributed by atoms with van der Waals surface area (Å²) >= 11 is 0. The SMILES string of the molecule is CNC(=O)[C@H](C)N(Cc1ccccc1)C(=O)COc1ccc(C)c(C)c1. The highest BCUT2D eigenvalue weighted by atomic mass is 16.5. The largest absolute Gasteiger partial charge is 0.484 e. The van der Waals surface area contributed by atoms with Gasteiger partial charge >= 0.3 is 0 Å². The van der Waals surface area contributed by atoms with Crippen molar-refractivity contribution in [1.82, 2.24) is 10.2 Å². The molecule has 0 aromatic heterocycles. The van der Waals surface area contributed by atoms with Gasteiger partial charge in [0.2, 0.25) is 5.91 Å². The Morgan fingerprint density at radius 2 is 1.77 bits per heavy atom. The summed E-state index contributed by atoms with van der Waals surface area (Å²) in [6.45, 7) is 5.98. The molecule has 1 N–H and O–H groups in total. The Labute approximate surface area is 155 Å². The quantitative estimate of drug-likeness (QED) is 0.832. The van der Waals surface area contributed by atoms with E-state index in [-0.39, 0.29) is 18.4 Å². The molecule has 2 rings (SSSR count). The van der Waals surface area contributed by atoms with E-state index in [2.05, 4.69) is 5.32 Å². The lowest BCUT2D eigenvalue weighted by molar-refractivity contribution is -0.142. The summed E-state index contributed by atoms with van der Waals surface area (Å²) in [5, 5.41) is 2.60. The van der Waals surface area contributed by atoms with Crippen molar-refractivity contribution in [2.24, 2.45) is 0 Å². The van der Waals surface area contributed by atoms with E-state index in [0.717, 1.165) is 11.1 Å². The van der Waals surface area contributed by atoms with Crippen LogP contribution in [0.25, 0.3) is 0 Å². The predicted octanol–water partition coefficient (Wildman–Crippen LogP) is 2.85. The highest BCUT2D eigenvalue weighted by molar-refractivity contribution is 5.87. The van der Waals surface area contributed by atoms with Gasteiger partial charge in [0.05, 0.1) is 0 Å². The van der Waals surface area contributed by atoms with E-state index in [1.165, 1.54) is 10.5 Å². The zero-order valence-corrected chi connectivity index (χ0v) is 15.8. The van der Waals surface area contributed by atoms with Gasteiger partial charge in [0.25, 0.3) is 5.91 Å². The molecule has 0 unspecified atom stereocenters. The Bertz CT molecular complexity index is 759. The smallest absolute Gasteiger partial charge is 0.261 e. The van der Waals surface area contributed by atoms with Gasteiger partial charge in [-0.05, 0) is 49.6 Å². The van der Waals surface area contributed by atoms with Crippen molar-refractivity contribution in [3.05, 3.63) is 65.2 Å². The van der Waals surface area contributed by atoms with Crippen LogP contribution in [-0.2, 0) is 16.1 Å². The summed E-state index contributed by atoms with van der Waals surface area (Å²) < 4.78 is 5.66. The Morgan fingerprint density at radius 3 is 2.38 bits per heavy atom. The van der Waals surface area contributed by atoms with Gasteiger partial charge in [-0.3, -0.25) is 9.59 Å². The maximum atomic E-state index is 12.8. The molecule has 1 atom stereocenters. The molecule has 2 aromatic carbocycles. The summed E-state index contributed by atoms with van der Waals surface area (Å²) in [5.74, 6) is 0.206. The lowest BCUT2D eigenvalue weighted by Crippen LogP contribution is -2.48. The minimum absolute atomic E-state index is 0.114. The zero-order chi connectivity index (χ0) is 19.1. The highest BCUT2D eigenvalue weighted by Gasteiger charge is 2.25. The molecular formula is C21H26N2O3. The zero-order valence-electron chi connectivity index (χ0n) is 15.8. The summed E-state index contributed by atoms with van der Waals surface area (Å²) in [6.07, 6.45) is 0. The molecule has 2 aromatic rings. The van der Waals surface area contributed by atoms with Crippen molar-refractivity contribution in [1.29, 1.82) is 0 Å². The fourth-order valence-corrected chi connectivity index (χ4v) is 2.60. The molecule has 0 aliphatic rings. The highest BCUT2D eigenvalue weighted by Crippen LogP contribution is 2.17. The van der Waals surface area contributed by atoms with E-state index in [9.17, 15) is 9.59 Å². The second-order valence-corrected chi connectivity index (χ2v) is 6.33. The lowest BCUT2D eigenvalue weighted by atomic mass is 10.1. The van der Waals surface area contributed by atoms with Crippen LogP contribution in [0.15, 0.2) is 48.5 Å². The van der Waals surface area contributed by atoms with E-state index < -0.39 is 6.04 Å². The number of likely N-dealkylation sites (N-methyl/N-ethyl adjacent to an activating group) is 1. The molecule has 0 bridgehead atoms. The first-order chi connectivity index (χ1) is 12.4. The molecule has 2 amide bonds. The molecular weight excluding hydrogens is 328 g/mol. The summed E-state index contributed by atoms with van der Waals surface area (Å²) in [4.78, 5) is 26.4. The van der Waals surface area contributed by atoms with E-state index in [1.54, 1.807) is 14.0 Å². The number of hydrogen-bond acceptors (Lipinski definition) is 3. The molecule has 0 heterocycles. The van der Waals surface area contributed by atoms with Gasteiger partial charge in [-0.25, -0.2) is 0 Å². The number of nitrogens with zero attached hydrogens (tertiary/aromatic N) is 1. The minimum Gasteiger partial charge on any atom is -0.484 e. The van der Waals surface area contributed by atoms with E-state index in [0.29, 0.717) is 12.3 Å². The average Bonchev–Trinajstić information content (AvgIpc) is 2.66. The van der Waals surface area contributed by atoms with Crippen LogP contribution in [-0.4, -0.2) is 36.4 Å². The maximum absolute atomic E-state index is 12.8. The van der Waals surface area contributed by atoms with Crippen LogP contribution in [0.2, 0.25) is 0 Å². The first-order valence-electron chi connectivity index (χ1n) is 8.67. The molecule has 138 valence electrons. The van der Waals surface area contributed by atoms with E-state index >= 15 is 0 Å². The minimum atomic E-state index is -0.587. The third-order valence-corrected chi connectivity index (χ3v) is 4.45. The van der Waals surface area contributed by atoms with Crippen LogP contribution in [0.3, 0.4) is 0 Å². The molecule has 0 saturated carbocycles. The van der Waals surface area contributed by atoms with E-state index in [4.69, 9.17) is 4.74 Å². The van der Waals surface area contributed by atoms with Crippen molar-refractivity contribution in [3.63, 3.8) is 0 Å². The van der Waals surface area contributed by atoms with Crippen LogP contribution in [0.5, 0.6) is 5.75 Å². The van der Waals surface area contributed by atoms with Gasteiger partial charge in [0.15, 0.2) is 6.61 Å². The number of amides is 2. The number of carbonyl (C=O) groups is 2. The third-order valence-electron chi connectivity index (χ3n) is 4.45. The first-order valence-corrected chi connectivity index (χ1v) is 8.67. The van der Waals surface area contributed by atoms with E-state index in [1.807, 2.05) is 62.4 Å². The van der Waals surface area contributed by atoms with Gasteiger partial charge in [-0.2, -0.15) is 0 Å². The van der Waals surface area contributed by atoms with Gasteiger partial charge in [0, 0.05) is 13.6 Å². The summed E-state index contributed by atoms with van der Waals surface area (Å²) in [5.41, 5.74) is 3.24. The van der Waals surface area contributed by atoms with Crippen LogP contribution in [0, 0.1) is 13.8 Å².